The normalized spacial score (nSPS) is 20.5. The van der Waals surface area contributed by atoms with Crippen molar-refractivity contribution in [1.29, 1.82) is 0 Å². The Morgan fingerprint density at radius 2 is 2.08 bits per heavy atom. The standard InChI is InChI=1S/C17H23NO5S/c19-11-13-10-18(4-5-21-12-13)17(20)3-8-24-14-1-2-15-16(9-14)23-7-6-22-15/h1-2,9,13,19H,3-8,10-12H2. The Hall–Kier alpha value is -1.44. The summed E-state index contributed by atoms with van der Waals surface area (Å²) in [6.07, 6.45) is 0.470. The van der Waals surface area contributed by atoms with Crippen LogP contribution in [0.1, 0.15) is 6.42 Å². The molecule has 0 bridgehead atoms. The number of aliphatic hydroxyl groups excluding tert-OH is 1. The molecule has 0 aromatic heterocycles. The number of ether oxygens (including phenoxy) is 3. The van der Waals surface area contributed by atoms with Crippen molar-refractivity contribution < 1.29 is 24.1 Å². The fourth-order valence-corrected chi connectivity index (χ4v) is 3.61. The monoisotopic (exact) mass is 353 g/mol. The lowest BCUT2D eigenvalue weighted by Gasteiger charge is -2.22. The highest BCUT2D eigenvalue weighted by atomic mass is 32.2. The molecule has 1 aromatic carbocycles. The van der Waals surface area contributed by atoms with Crippen molar-refractivity contribution in [3.8, 4) is 11.5 Å². The zero-order valence-corrected chi connectivity index (χ0v) is 14.4. The van der Waals surface area contributed by atoms with Gasteiger partial charge in [0.05, 0.1) is 13.2 Å². The van der Waals surface area contributed by atoms with E-state index in [1.165, 1.54) is 0 Å². The van der Waals surface area contributed by atoms with Gasteiger partial charge in [-0.05, 0) is 18.2 Å². The molecule has 1 atom stereocenters. The Morgan fingerprint density at radius 3 is 2.92 bits per heavy atom. The van der Waals surface area contributed by atoms with Crippen molar-refractivity contribution >= 4 is 17.7 Å². The lowest BCUT2D eigenvalue weighted by atomic mass is 10.1. The molecule has 2 aliphatic rings. The number of aliphatic hydroxyl groups is 1. The third-order valence-electron chi connectivity index (χ3n) is 4.05. The van der Waals surface area contributed by atoms with Crippen LogP contribution < -0.4 is 9.47 Å². The Bertz CT molecular complexity index is 568. The molecule has 1 fully saturated rings. The number of nitrogens with zero attached hydrogens (tertiary/aromatic N) is 1. The highest BCUT2D eigenvalue weighted by molar-refractivity contribution is 7.99. The molecule has 2 heterocycles. The van der Waals surface area contributed by atoms with E-state index >= 15 is 0 Å². The van der Waals surface area contributed by atoms with Crippen LogP contribution in [0, 0.1) is 5.92 Å². The fourth-order valence-electron chi connectivity index (χ4n) is 2.75. The van der Waals surface area contributed by atoms with E-state index < -0.39 is 0 Å². The number of hydrogen-bond acceptors (Lipinski definition) is 6. The summed E-state index contributed by atoms with van der Waals surface area (Å²) < 4.78 is 16.5. The van der Waals surface area contributed by atoms with Crippen LogP contribution in [0.5, 0.6) is 11.5 Å². The summed E-state index contributed by atoms with van der Waals surface area (Å²) >= 11 is 1.63. The number of carbonyl (C=O) groups excluding carboxylic acids is 1. The summed E-state index contributed by atoms with van der Waals surface area (Å²) in [5.74, 6) is 2.39. The molecule has 24 heavy (non-hydrogen) atoms. The van der Waals surface area contributed by atoms with Crippen molar-refractivity contribution in [3.63, 3.8) is 0 Å². The summed E-state index contributed by atoms with van der Waals surface area (Å²) in [5.41, 5.74) is 0. The third-order valence-corrected chi connectivity index (χ3v) is 5.04. The van der Waals surface area contributed by atoms with Crippen LogP contribution in [-0.4, -0.2) is 67.8 Å². The van der Waals surface area contributed by atoms with Gasteiger partial charge in [0.2, 0.25) is 5.91 Å². The highest BCUT2D eigenvalue weighted by Gasteiger charge is 2.21. The number of fused-ring (bicyclic) bond motifs is 1. The molecular weight excluding hydrogens is 330 g/mol. The number of hydrogen-bond donors (Lipinski definition) is 1. The van der Waals surface area contributed by atoms with Crippen LogP contribution in [0.25, 0.3) is 0 Å². The Balaban J connectivity index is 1.48. The largest absolute Gasteiger partial charge is 0.486 e. The highest BCUT2D eigenvalue weighted by Crippen LogP contribution is 2.34. The quantitative estimate of drug-likeness (QED) is 0.808. The van der Waals surface area contributed by atoms with Gasteiger partial charge in [0.25, 0.3) is 0 Å². The number of carbonyl (C=O) groups is 1. The molecule has 3 rings (SSSR count). The second kappa shape index (κ2) is 8.60. The molecule has 0 saturated carbocycles. The van der Waals surface area contributed by atoms with Crippen LogP contribution in [0.15, 0.2) is 23.1 Å². The summed E-state index contributed by atoms with van der Waals surface area (Å²) in [6, 6.07) is 5.87. The molecule has 1 saturated heterocycles. The molecule has 1 aromatic rings. The molecule has 2 aliphatic heterocycles. The zero-order chi connectivity index (χ0) is 16.8. The van der Waals surface area contributed by atoms with Gasteiger partial charge in [-0.15, -0.1) is 11.8 Å². The van der Waals surface area contributed by atoms with Gasteiger partial charge >= 0.3 is 0 Å². The van der Waals surface area contributed by atoms with E-state index in [9.17, 15) is 9.90 Å². The number of thioether (sulfide) groups is 1. The van der Waals surface area contributed by atoms with Gasteiger partial charge in [-0.2, -0.15) is 0 Å². The summed E-state index contributed by atoms with van der Waals surface area (Å²) in [5, 5.41) is 9.29. The van der Waals surface area contributed by atoms with Crippen LogP contribution >= 0.6 is 11.8 Å². The van der Waals surface area contributed by atoms with Crippen LogP contribution in [0.4, 0.5) is 0 Å². The van der Waals surface area contributed by atoms with Gasteiger partial charge in [-0.3, -0.25) is 4.79 Å². The van der Waals surface area contributed by atoms with Crippen molar-refractivity contribution in [2.75, 3.05) is 51.9 Å². The molecule has 0 spiro atoms. The van der Waals surface area contributed by atoms with Crippen molar-refractivity contribution in [2.45, 2.75) is 11.3 Å². The predicted octanol–water partition coefficient (Wildman–Crippen LogP) is 1.41. The minimum absolute atomic E-state index is 0.0156. The van der Waals surface area contributed by atoms with Crippen molar-refractivity contribution in [2.24, 2.45) is 5.92 Å². The first-order chi connectivity index (χ1) is 11.8. The van der Waals surface area contributed by atoms with Crippen LogP contribution in [-0.2, 0) is 9.53 Å². The summed E-state index contributed by atoms with van der Waals surface area (Å²) in [7, 11) is 0. The molecule has 6 nitrogen and oxygen atoms in total. The lowest BCUT2D eigenvalue weighted by molar-refractivity contribution is -0.131. The molecule has 1 amide bonds. The second-order valence-electron chi connectivity index (χ2n) is 5.87. The second-order valence-corrected chi connectivity index (χ2v) is 7.04. The lowest BCUT2D eigenvalue weighted by Crippen LogP contribution is -2.36. The molecule has 132 valence electrons. The molecule has 7 heteroatoms. The summed E-state index contributed by atoms with van der Waals surface area (Å²) in [6.45, 7) is 3.44. The number of rotatable bonds is 5. The van der Waals surface area contributed by atoms with Gasteiger partial charge < -0.3 is 24.2 Å². The Kier molecular flexibility index (Phi) is 6.23. The van der Waals surface area contributed by atoms with Gasteiger partial charge in [0, 0.05) is 42.7 Å². The summed E-state index contributed by atoms with van der Waals surface area (Å²) in [4.78, 5) is 15.2. The predicted molar refractivity (Wildman–Crippen MR) is 90.7 cm³/mol. The number of benzene rings is 1. The minimum atomic E-state index is 0.0156. The smallest absolute Gasteiger partial charge is 0.223 e. The minimum Gasteiger partial charge on any atom is -0.486 e. The van der Waals surface area contributed by atoms with E-state index in [-0.39, 0.29) is 18.4 Å². The first kappa shape index (κ1) is 17.4. The van der Waals surface area contributed by atoms with Gasteiger partial charge in [-0.25, -0.2) is 0 Å². The SMILES string of the molecule is O=C(CCSc1ccc2c(c1)OCCO2)N1CCOCC(CO)C1. The zero-order valence-electron chi connectivity index (χ0n) is 13.6. The fraction of sp³-hybridized carbons (Fsp3) is 0.588. The van der Waals surface area contributed by atoms with Crippen molar-refractivity contribution in [1.82, 2.24) is 4.90 Å². The van der Waals surface area contributed by atoms with Gasteiger partial charge in [0.1, 0.15) is 13.2 Å². The molecule has 1 N–H and O–H groups in total. The Labute approximate surface area is 146 Å². The van der Waals surface area contributed by atoms with Gasteiger partial charge in [0.15, 0.2) is 11.5 Å². The topological polar surface area (TPSA) is 68.2 Å². The number of amides is 1. The van der Waals surface area contributed by atoms with Gasteiger partial charge in [-0.1, -0.05) is 0 Å². The molecule has 1 unspecified atom stereocenters. The van der Waals surface area contributed by atoms with E-state index in [0.29, 0.717) is 51.7 Å². The van der Waals surface area contributed by atoms with E-state index in [1.54, 1.807) is 16.7 Å². The first-order valence-corrected chi connectivity index (χ1v) is 9.23. The van der Waals surface area contributed by atoms with Crippen LogP contribution in [0.3, 0.4) is 0 Å². The first-order valence-electron chi connectivity index (χ1n) is 8.25. The van der Waals surface area contributed by atoms with E-state index in [0.717, 1.165) is 16.4 Å². The average molecular weight is 353 g/mol. The maximum Gasteiger partial charge on any atom is 0.223 e. The maximum atomic E-state index is 12.4. The molecular formula is C17H23NO5S. The van der Waals surface area contributed by atoms with E-state index in [4.69, 9.17) is 14.2 Å². The maximum absolute atomic E-state index is 12.4. The Morgan fingerprint density at radius 1 is 1.25 bits per heavy atom. The third kappa shape index (κ3) is 4.55. The average Bonchev–Trinajstić information content (AvgIpc) is 2.87. The van der Waals surface area contributed by atoms with Crippen LogP contribution in [0.2, 0.25) is 0 Å². The molecule has 0 radical (unpaired) electrons. The van der Waals surface area contributed by atoms with Crippen molar-refractivity contribution in [3.05, 3.63) is 18.2 Å². The van der Waals surface area contributed by atoms with E-state index in [2.05, 4.69) is 0 Å². The molecule has 0 aliphatic carbocycles. The van der Waals surface area contributed by atoms with E-state index in [1.807, 2.05) is 18.2 Å².